The van der Waals surface area contributed by atoms with Crippen molar-refractivity contribution in [2.24, 2.45) is 0 Å². The molecule has 41 heavy (non-hydrogen) atoms. The number of nitrogens with zero attached hydrogens (tertiary/aromatic N) is 5. The minimum atomic E-state index is -0.357. The molecule has 0 unspecified atom stereocenters. The molecule has 0 amide bonds. The number of hydrogen-bond donors (Lipinski definition) is 1. The van der Waals surface area contributed by atoms with Gasteiger partial charge in [0.05, 0.1) is 38.7 Å². The van der Waals surface area contributed by atoms with Crippen LogP contribution in [-0.4, -0.2) is 58.8 Å². The Labute approximate surface area is 261 Å². The van der Waals surface area contributed by atoms with E-state index in [9.17, 15) is 9.59 Å². The van der Waals surface area contributed by atoms with Crippen molar-refractivity contribution >= 4 is 75.1 Å². The number of carbonyl (C=O) groups is 2. The SMILES string of the molecule is COC(=O)c1c(C)nn2c1N(c1ccc(Cl)cc1)CC2.COC(=O)c1c(C)nn2c1NCC2.Clc1ccc(I)cc1. The zero-order chi connectivity index (χ0) is 29.7. The molecular formula is C28H29Cl2IN6O4. The quantitative estimate of drug-likeness (QED) is 0.200. The molecule has 2 aromatic carbocycles. The fourth-order valence-electron chi connectivity index (χ4n) is 4.49. The van der Waals surface area contributed by atoms with Gasteiger partial charge in [0, 0.05) is 32.4 Å². The molecule has 0 atom stereocenters. The third kappa shape index (κ3) is 6.96. The first-order valence-corrected chi connectivity index (χ1v) is 14.5. The van der Waals surface area contributed by atoms with E-state index >= 15 is 0 Å². The summed E-state index contributed by atoms with van der Waals surface area (Å²) < 4.78 is 14.4. The van der Waals surface area contributed by atoms with Crippen LogP contribution in [0.15, 0.2) is 48.5 Å². The van der Waals surface area contributed by atoms with Crippen LogP contribution in [0.3, 0.4) is 0 Å². The van der Waals surface area contributed by atoms with Crippen molar-refractivity contribution in [3.63, 3.8) is 0 Å². The summed E-state index contributed by atoms with van der Waals surface area (Å²) in [6, 6.07) is 15.2. The van der Waals surface area contributed by atoms with Crippen molar-refractivity contribution in [3.8, 4) is 0 Å². The van der Waals surface area contributed by atoms with Crippen LogP contribution in [0, 0.1) is 17.4 Å². The predicted molar refractivity (Wildman–Crippen MR) is 168 cm³/mol. The normalized spacial score (nSPS) is 12.7. The molecule has 4 aromatic rings. The highest BCUT2D eigenvalue weighted by atomic mass is 127. The van der Waals surface area contributed by atoms with Crippen LogP contribution in [-0.2, 0) is 22.6 Å². The molecule has 6 rings (SSSR count). The van der Waals surface area contributed by atoms with Crippen LogP contribution in [0.5, 0.6) is 0 Å². The maximum atomic E-state index is 12.0. The van der Waals surface area contributed by atoms with Crippen LogP contribution < -0.4 is 10.2 Å². The van der Waals surface area contributed by atoms with Gasteiger partial charge in [-0.25, -0.2) is 19.0 Å². The summed E-state index contributed by atoms with van der Waals surface area (Å²) in [6.07, 6.45) is 0. The Balaban J connectivity index is 0.000000158. The first kappa shape index (κ1) is 30.7. The Bertz CT molecular complexity index is 1520. The smallest absolute Gasteiger partial charge is 0.343 e. The highest BCUT2D eigenvalue weighted by Gasteiger charge is 2.31. The van der Waals surface area contributed by atoms with E-state index in [-0.39, 0.29) is 11.9 Å². The van der Waals surface area contributed by atoms with Crippen molar-refractivity contribution < 1.29 is 19.1 Å². The minimum absolute atomic E-state index is 0.326. The second kappa shape index (κ2) is 13.6. The summed E-state index contributed by atoms with van der Waals surface area (Å²) >= 11 is 13.8. The molecule has 2 aliphatic rings. The molecule has 0 aliphatic carbocycles. The number of aryl methyl sites for hydroxylation is 2. The second-order valence-corrected chi connectivity index (χ2v) is 11.1. The lowest BCUT2D eigenvalue weighted by molar-refractivity contribution is 0.0592. The molecule has 0 saturated carbocycles. The van der Waals surface area contributed by atoms with Crippen LogP contribution in [0.4, 0.5) is 17.3 Å². The predicted octanol–water partition coefficient (Wildman–Crippen LogP) is 6.13. The number of carbonyl (C=O) groups excluding carboxylic acids is 2. The fraction of sp³-hybridized carbons (Fsp3) is 0.286. The van der Waals surface area contributed by atoms with E-state index in [0.29, 0.717) is 27.5 Å². The standard InChI is InChI=1S/C14H14ClN3O2.C8H11N3O2.C6H4ClI/c1-9-12(14(19)20-2)13-17(7-8-18(13)16-9)11-5-3-10(15)4-6-11;1-5-6(8(12)13-2)7-9-3-4-11(7)10-5;7-5-1-3-6(8)4-2-5/h3-6H,7-8H2,1-2H3;9H,3-4H2,1-2H3;1-4H. The summed E-state index contributed by atoms with van der Waals surface area (Å²) in [6.45, 7) is 6.78. The van der Waals surface area contributed by atoms with Crippen molar-refractivity contribution in [1.82, 2.24) is 19.6 Å². The van der Waals surface area contributed by atoms with Crippen LogP contribution in [0.2, 0.25) is 10.0 Å². The monoisotopic (exact) mass is 710 g/mol. The molecule has 0 saturated heterocycles. The summed E-state index contributed by atoms with van der Waals surface area (Å²) in [5.41, 5.74) is 3.47. The number of methoxy groups -OCH3 is 2. The number of benzene rings is 2. The summed E-state index contributed by atoms with van der Waals surface area (Å²) in [7, 11) is 2.76. The third-order valence-electron chi connectivity index (χ3n) is 6.36. The zero-order valence-corrected chi connectivity index (χ0v) is 26.6. The molecule has 0 spiro atoms. The molecule has 13 heteroatoms. The van der Waals surface area contributed by atoms with Gasteiger partial charge in [-0.2, -0.15) is 10.2 Å². The molecular weight excluding hydrogens is 682 g/mol. The maximum absolute atomic E-state index is 12.0. The number of fused-ring (bicyclic) bond motifs is 2. The lowest BCUT2D eigenvalue weighted by Gasteiger charge is -2.18. The van der Waals surface area contributed by atoms with Crippen molar-refractivity contribution in [1.29, 1.82) is 0 Å². The summed E-state index contributed by atoms with van der Waals surface area (Å²) in [4.78, 5) is 25.4. The van der Waals surface area contributed by atoms with Gasteiger partial charge in [-0.3, -0.25) is 0 Å². The number of halogens is 3. The minimum Gasteiger partial charge on any atom is -0.465 e. The van der Waals surface area contributed by atoms with Gasteiger partial charge in [0.15, 0.2) is 0 Å². The largest absolute Gasteiger partial charge is 0.465 e. The summed E-state index contributed by atoms with van der Waals surface area (Å²) in [5.74, 6) is 0.888. The maximum Gasteiger partial charge on any atom is 0.343 e. The first-order chi connectivity index (χ1) is 19.6. The number of esters is 2. The van der Waals surface area contributed by atoms with E-state index in [1.54, 1.807) is 11.6 Å². The number of nitrogens with one attached hydrogen (secondary N) is 1. The van der Waals surface area contributed by atoms with Gasteiger partial charge in [-0.05, 0) is 85.0 Å². The molecule has 0 fully saturated rings. The van der Waals surface area contributed by atoms with Gasteiger partial charge in [0.2, 0.25) is 0 Å². The van der Waals surface area contributed by atoms with Gasteiger partial charge in [-0.15, -0.1) is 0 Å². The molecule has 2 aliphatic heterocycles. The molecule has 10 nitrogen and oxygen atoms in total. The van der Waals surface area contributed by atoms with Gasteiger partial charge < -0.3 is 19.7 Å². The van der Waals surface area contributed by atoms with E-state index < -0.39 is 0 Å². The van der Waals surface area contributed by atoms with E-state index in [2.05, 4.69) is 47.7 Å². The van der Waals surface area contributed by atoms with Crippen molar-refractivity contribution in [2.75, 3.05) is 37.5 Å². The average molecular weight is 711 g/mol. The molecule has 2 aromatic heterocycles. The number of aromatic nitrogens is 4. The topological polar surface area (TPSA) is 104 Å². The number of rotatable bonds is 3. The Morgan fingerprint density at radius 3 is 1.93 bits per heavy atom. The Morgan fingerprint density at radius 1 is 0.805 bits per heavy atom. The van der Waals surface area contributed by atoms with Gasteiger partial charge in [-0.1, -0.05) is 23.2 Å². The first-order valence-electron chi connectivity index (χ1n) is 12.6. The lowest BCUT2D eigenvalue weighted by atomic mass is 10.2. The van der Waals surface area contributed by atoms with E-state index in [1.807, 2.05) is 60.1 Å². The van der Waals surface area contributed by atoms with Crippen LogP contribution in [0.1, 0.15) is 32.1 Å². The average Bonchev–Trinajstić information content (AvgIpc) is 3.72. The van der Waals surface area contributed by atoms with Crippen molar-refractivity contribution in [3.05, 3.63) is 84.7 Å². The van der Waals surface area contributed by atoms with Gasteiger partial charge >= 0.3 is 11.9 Å². The van der Waals surface area contributed by atoms with Crippen molar-refractivity contribution in [2.45, 2.75) is 26.9 Å². The Kier molecular flexibility index (Phi) is 10.2. The van der Waals surface area contributed by atoms with Gasteiger partial charge in [0.25, 0.3) is 0 Å². The number of ether oxygens (including phenoxy) is 2. The molecule has 0 radical (unpaired) electrons. The highest BCUT2D eigenvalue weighted by Crippen LogP contribution is 2.35. The lowest BCUT2D eigenvalue weighted by Crippen LogP contribution is -2.16. The van der Waals surface area contributed by atoms with Crippen LogP contribution >= 0.6 is 45.8 Å². The highest BCUT2D eigenvalue weighted by molar-refractivity contribution is 14.1. The fourth-order valence-corrected chi connectivity index (χ4v) is 5.10. The third-order valence-corrected chi connectivity index (χ3v) is 7.58. The summed E-state index contributed by atoms with van der Waals surface area (Å²) in [5, 5.41) is 13.2. The van der Waals surface area contributed by atoms with E-state index in [0.717, 1.165) is 48.5 Å². The zero-order valence-electron chi connectivity index (χ0n) is 23.0. The van der Waals surface area contributed by atoms with E-state index in [1.165, 1.54) is 17.8 Å². The number of anilines is 3. The Hall–Kier alpha value is -3.29. The second-order valence-electron chi connectivity index (χ2n) is 9.01. The molecule has 4 heterocycles. The molecule has 0 bridgehead atoms. The molecule has 216 valence electrons. The van der Waals surface area contributed by atoms with E-state index in [4.69, 9.17) is 27.9 Å². The number of hydrogen-bond acceptors (Lipinski definition) is 8. The van der Waals surface area contributed by atoms with Gasteiger partial charge in [0.1, 0.15) is 22.8 Å². The Morgan fingerprint density at radius 2 is 1.34 bits per heavy atom. The van der Waals surface area contributed by atoms with Crippen LogP contribution in [0.25, 0.3) is 0 Å². The molecule has 1 N–H and O–H groups in total.